The molecule has 2 aromatic carbocycles. The molecule has 0 spiro atoms. The second-order valence-corrected chi connectivity index (χ2v) is 10.8. The normalized spacial score (nSPS) is 15.8. The van der Waals surface area contributed by atoms with Crippen molar-refractivity contribution in [3.63, 3.8) is 0 Å². The molecule has 3 aromatic rings. The first-order valence-corrected chi connectivity index (χ1v) is 13.6. The molecule has 218 valence electrons. The number of hydrogen-bond acceptors (Lipinski definition) is 7. The number of hydrogen-bond donors (Lipinski definition) is 1. The van der Waals surface area contributed by atoms with Crippen molar-refractivity contribution in [2.75, 3.05) is 26.5 Å². The molecule has 1 saturated heterocycles. The lowest BCUT2D eigenvalue weighted by atomic mass is 9.99. The fourth-order valence-corrected chi connectivity index (χ4v) is 4.30. The summed E-state index contributed by atoms with van der Waals surface area (Å²) in [4.78, 5) is 29.5. The molecule has 0 radical (unpaired) electrons. The number of amides is 2. The van der Waals surface area contributed by atoms with E-state index in [-0.39, 0.29) is 18.4 Å². The molecule has 10 heteroatoms. The van der Waals surface area contributed by atoms with Crippen molar-refractivity contribution in [2.45, 2.75) is 45.8 Å². The Bertz CT molecular complexity index is 1310. The standard InChI is InChI=1S/C18H25NO5.C13H11FN2O/c1-18(2,3)24-17(20)19-8-4-5-13(10-19)11-21-14-6-7-15-16(9-14)23-12-22-15;14-12-4-2-1-3-11(12)13(17)16-9-10-5-7-15-8-6-10/h6-7,9,13H,4-5,8,10-12H2,1-3H3;1-8H,9H2,(H,16,17). The van der Waals surface area contributed by atoms with Gasteiger partial charge in [0.15, 0.2) is 11.5 Å². The van der Waals surface area contributed by atoms with Crippen LogP contribution in [0.1, 0.15) is 49.5 Å². The summed E-state index contributed by atoms with van der Waals surface area (Å²) in [6.07, 6.45) is 5.06. The van der Waals surface area contributed by atoms with Crippen LogP contribution < -0.4 is 19.5 Å². The van der Waals surface area contributed by atoms with Gasteiger partial charge in [-0.3, -0.25) is 9.78 Å². The molecule has 3 heterocycles. The molecule has 9 nitrogen and oxygen atoms in total. The largest absolute Gasteiger partial charge is 0.493 e. The molecule has 1 unspecified atom stereocenters. The summed E-state index contributed by atoms with van der Waals surface area (Å²) in [5.41, 5.74) is 0.513. The number of pyridine rings is 1. The van der Waals surface area contributed by atoms with E-state index in [1.54, 1.807) is 41.6 Å². The molecule has 0 aliphatic carbocycles. The van der Waals surface area contributed by atoms with E-state index >= 15 is 0 Å². The lowest BCUT2D eigenvalue weighted by Gasteiger charge is -2.34. The number of fused-ring (bicyclic) bond motifs is 1. The van der Waals surface area contributed by atoms with E-state index in [1.165, 1.54) is 12.1 Å². The predicted molar refractivity (Wildman–Crippen MR) is 150 cm³/mol. The fourth-order valence-electron chi connectivity index (χ4n) is 4.30. The van der Waals surface area contributed by atoms with Crippen LogP contribution in [-0.2, 0) is 11.3 Å². The molecule has 2 aliphatic heterocycles. The van der Waals surface area contributed by atoms with Gasteiger partial charge in [0, 0.05) is 44.0 Å². The summed E-state index contributed by atoms with van der Waals surface area (Å²) in [7, 11) is 0. The number of piperidine rings is 1. The van der Waals surface area contributed by atoms with Crippen molar-refractivity contribution in [3.8, 4) is 17.2 Å². The number of nitrogens with one attached hydrogen (secondary N) is 1. The Labute approximate surface area is 239 Å². The van der Waals surface area contributed by atoms with E-state index in [4.69, 9.17) is 18.9 Å². The number of carbonyl (C=O) groups is 2. The first-order valence-electron chi connectivity index (χ1n) is 13.6. The van der Waals surface area contributed by atoms with Gasteiger partial charge in [0.1, 0.15) is 17.2 Å². The van der Waals surface area contributed by atoms with Crippen molar-refractivity contribution >= 4 is 12.0 Å². The van der Waals surface area contributed by atoms with E-state index in [9.17, 15) is 14.0 Å². The van der Waals surface area contributed by atoms with Gasteiger partial charge in [-0.2, -0.15) is 0 Å². The number of nitrogens with zero attached hydrogens (tertiary/aromatic N) is 2. The van der Waals surface area contributed by atoms with Gasteiger partial charge in [0.05, 0.1) is 12.2 Å². The molecule has 0 saturated carbocycles. The van der Waals surface area contributed by atoms with Crippen molar-refractivity contribution in [2.24, 2.45) is 5.92 Å². The zero-order valence-corrected chi connectivity index (χ0v) is 23.6. The first-order chi connectivity index (χ1) is 19.7. The third-order valence-corrected chi connectivity index (χ3v) is 6.32. The molecule has 2 aliphatic rings. The van der Waals surface area contributed by atoms with E-state index in [1.807, 2.05) is 39.0 Å². The topological polar surface area (TPSA) is 99.2 Å². The Morgan fingerprint density at radius 2 is 1.83 bits per heavy atom. The smallest absolute Gasteiger partial charge is 0.410 e. The quantitative estimate of drug-likeness (QED) is 0.416. The molecule has 1 N–H and O–H groups in total. The van der Waals surface area contributed by atoms with Gasteiger partial charge in [0.2, 0.25) is 6.79 Å². The number of benzene rings is 2. The lowest BCUT2D eigenvalue weighted by Crippen LogP contribution is -2.44. The highest BCUT2D eigenvalue weighted by atomic mass is 19.1. The Morgan fingerprint density at radius 1 is 1.07 bits per heavy atom. The molecule has 0 bridgehead atoms. The van der Waals surface area contributed by atoms with Crippen LogP contribution in [0.4, 0.5) is 9.18 Å². The van der Waals surface area contributed by atoms with Crippen molar-refractivity contribution in [3.05, 3.63) is 83.9 Å². The third kappa shape index (κ3) is 9.09. The Morgan fingerprint density at radius 3 is 2.59 bits per heavy atom. The second kappa shape index (κ2) is 13.8. The first kappa shape index (κ1) is 29.6. The van der Waals surface area contributed by atoms with Gasteiger partial charge in [-0.15, -0.1) is 0 Å². The number of rotatable bonds is 6. The predicted octanol–water partition coefficient (Wildman–Crippen LogP) is 5.59. The summed E-state index contributed by atoms with van der Waals surface area (Å²) < 4.78 is 35.3. The van der Waals surface area contributed by atoms with Gasteiger partial charge in [-0.05, 0) is 75.6 Å². The summed E-state index contributed by atoms with van der Waals surface area (Å²) in [5.74, 6) is 1.59. The van der Waals surface area contributed by atoms with Crippen LogP contribution in [-0.4, -0.2) is 54.0 Å². The molecular weight excluding hydrogens is 529 g/mol. The van der Waals surface area contributed by atoms with Crippen LogP contribution in [0.15, 0.2) is 67.0 Å². The Balaban J connectivity index is 0.000000201. The SMILES string of the molecule is CC(C)(C)OC(=O)N1CCCC(COc2ccc3c(c2)OCO3)C1.O=C(NCc1ccncc1)c1ccccc1F. The highest BCUT2D eigenvalue weighted by molar-refractivity contribution is 5.94. The Kier molecular flexibility index (Phi) is 10.00. The lowest BCUT2D eigenvalue weighted by molar-refractivity contribution is 0.0139. The maximum Gasteiger partial charge on any atom is 0.410 e. The monoisotopic (exact) mass is 565 g/mol. The molecule has 1 fully saturated rings. The van der Waals surface area contributed by atoms with Gasteiger partial charge in [0.25, 0.3) is 5.91 Å². The average Bonchev–Trinajstić information content (AvgIpc) is 3.43. The van der Waals surface area contributed by atoms with E-state index in [2.05, 4.69) is 10.3 Å². The van der Waals surface area contributed by atoms with Gasteiger partial charge >= 0.3 is 6.09 Å². The third-order valence-electron chi connectivity index (χ3n) is 6.32. The van der Waals surface area contributed by atoms with E-state index in [0.717, 1.165) is 36.4 Å². The molecule has 2 amide bonds. The number of ether oxygens (including phenoxy) is 4. The number of carbonyl (C=O) groups excluding carboxylic acids is 2. The van der Waals surface area contributed by atoms with Gasteiger partial charge in [-0.1, -0.05) is 12.1 Å². The van der Waals surface area contributed by atoms with Crippen LogP contribution >= 0.6 is 0 Å². The average molecular weight is 566 g/mol. The zero-order valence-electron chi connectivity index (χ0n) is 23.6. The van der Waals surface area contributed by atoms with Crippen LogP contribution in [0.5, 0.6) is 17.2 Å². The second-order valence-electron chi connectivity index (χ2n) is 10.8. The Hall–Kier alpha value is -4.34. The van der Waals surface area contributed by atoms with E-state index < -0.39 is 17.3 Å². The van der Waals surface area contributed by atoms with Crippen LogP contribution in [0, 0.1) is 11.7 Å². The molecule has 5 rings (SSSR count). The molecule has 1 atom stereocenters. The van der Waals surface area contributed by atoms with Crippen LogP contribution in [0.25, 0.3) is 0 Å². The number of likely N-dealkylation sites (tertiary alicyclic amines) is 1. The van der Waals surface area contributed by atoms with Crippen molar-refractivity contribution in [1.82, 2.24) is 15.2 Å². The molecule has 1 aromatic heterocycles. The highest BCUT2D eigenvalue weighted by Gasteiger charge is 2.28. The van der Waals surface area contributed by atoms with Crippen LogP contribution in [0.3, 0.4) is 0 Å². The summed E-state index contributed by atoms with van der Waals surface area (Å²) in [5, 5.41) is 2.65. The minimum atomic E-state index is -0.514. The highest BCUT2D eigenvalue weighted by Crippen LogP contribution is 2.35. The summed E-state index contributed by atoms with van der Waals surface area (Å²) in [6.45, 7) is 8.25. The van der Waals surface area contributed by atoms with Crippen molar-refractivity contribution < 1.29 is 32.9 Å². The van der Waals surface area contributed by atoms with Crippen molar-refractivity contribution in [1.29, 1.82) is 0 Å². The fraction of sp³-hybridized carbons (Fsp3) is 0.387. The summed E-state index contributed by atoms with van der Waals surface area (Å²) in [6, 6.07) is 15.1. The van der Waals surface area contributed by atoms with Gasteiger partial charge < -0.3 is 29.2 Å². The molecule has 41 heavy (non-hydrogen) atoms. The minimum Gasteiger partial charge on any atom is -0.493 e. The zero-order chi connectivity index (χ0) is 29.2. The maximum atomic E-state index is 13.3. The number of aromatic nitrogens is 1. The van der Waals surface area contributed by atoms with E-state index in [0.29, 0.717) is 31.4 Å². The minimum absolute atomic E-state index is 0.0570. The molecular formula is C31H36FN3O6. The number of halogens is 1. The van der Waals surface area contributed by atoms with Crippen LogP contribution in [0.2, 0.25) is 0 Å². The maximum absolute atomic E-state index is 13.3. The summed E-state index contributed by atoms with van der Waals surface area (Å²) >= 11 is 0. The van der Waals surface area contributed by atoms with Gasteiger partial charge in [-0.25, -0.2) is 9.18 Å².